The second-order valence-electron chi connectivity index (χ2n) is 10.5. The van der Waals surface area contributed by atoms with Gasteiger partial charge in [-0.05, 0) is 35.6 Å². The van der Waals surface area contributed by atoms with Crippen LogP contribution in [-0.4, -0.2) is 23.5 Å². The highest BCUT2D eigenvalue weighted by molar-refractivity contribution is 9.10. The van der Waals surface area contributed by atoms with Crippen LogP contribution in [0.4, 0.5) is 0 Å². The molecule has 4 nitrogen and oxygen atoms in total. The van der Waals surface area contributed by atoms with E-state index in [9.17, 15) is 14.7 Å². The minimum atomic E-state index is -0.900. The topological polar surface area (TPSA) is 63.6 Å². The van der Waals surface area contributed by atoms with E-state index in [1.165, 1.54) is 44.9 Å². The molecule has 1 N–H and O–H groups in total. The zero-order valence-electron chi connectivity index (χ0n) is 22.6. The lowest BCUT2D eigenvalue weighted by Gasteiger charge is -2.29. The van der Waals surface area contributed by atoms with Gasteiger partial charge in [-0.15, -0.1) is 0 Å². The number of carbonyl (C=O) groups is 2. The first-order valence-electron chi connectivity index (χ1n) is 14.0. The molecule has 0 aliphatic heterocycles. The van der Waals surface area contributed by atoms with Crippen LogP contribution in [0.1, 0.15) is 114 Å². The van der Waals surface area contributed by atoms with E-state index in [2.05, 4.69) is 29.8 Å². The largest absolute Gasteiger partial charge is 0.481 e. The molecule has 0 aliphatic rings. The standard InChI is InChI=1S/C32H45BrO4/c1-25(2)15-11-8-6-4-3-5-7-9-14-18-30(31(32(35)36)27-19-21-28(33)22-20-27)37-29(23-24-34)26-16-12-10-13-17-26/h10,12-13,16-17,19-22,24-25,29-31H,3-9,11,14-15,18,23H2,1-2H3,(H,35,36). The van der Waals surface area contributed by atoms with Gasteiger partial charge in [-0.25, -0.2) is 0 Å². The molecule has 2 aromatic rings. The number of carboxylic acid groups (broad SMARTS) is 1. The SMILES string of the molecule is CC(C)CCCCCCCCCCCC(OC(CC=O)c1ccccc1)C(C(=O)O)c1ccc(Br)cc1. The fourth-order valence-corrected chi connectivity index (χ4v) is 5.14. The molecule has 0 radical (unpaired) electrons. The number of benzene rings is 2. The van der Waals surface area contributed by atoms with Gasteiger partial charge in [-0.1, -0.05) is 136 Å². The van der Waals surface area contributed by atoms with Crippen molar-refractivity contribution in [2.75, 3.05) is 0 Å². The number of carboxylic acids is 1. The molecule has 2 rings (SSSR count). The summed E-state index contributed by atoms with van der Waals surface area (Å²) in [6.07, 6.45) is 13.0. The van der Waals surface area contributed by atoms with E-state index in [1.807, 2.05) is 54.6 Å². The van der Waals surface area contributed by atoms with Gasteiger partial charge < -0.3 is 14.6 Å². The Labute approximate surface area is 232 Å². The van der Waals surface area contributed by atoms with Gasteiger partial charge in [0.1, 0.15) is 12.2 Å². The molecule has 204 valence electrons. The number of rotatable bonds is 20. The van der Waals surface area contributed by atoms with Crippen LogP contribution < -0.4 is 0 Å². The van der Waals surface area contributed by atoms with Gasteiger partial charge in [0.15, 0.2) is 0 Å². The smallest absolute Gasteiger partial charge is 0.313 e. The highest BCUT2D eigenvalue weighted by atomic mass is 79.9. The van der Waals surface area contributed by atoms with Crippen LogP contribution in [0.25, 0.3) is 0 Å². The monoisotopic (exact) mass is 572 g/mol. The van der Waals surface area contributed by atoms with Crippen molar-refractivity contribution in [3.8, 4) is 0 Å². The number of hydrogen-bond donors (Lipinski definition) is 1. The van der Waals surface area contributed by atoms with Gasteiger partial charge in [0.05, 0.1) is 12.2 Å². The van der Waals surface area contributed by atoms with E-state index in [4.69, 9.17) is 4.74 Å². The summed E-state index contributed by atoms with van der Waals surface area (Å²) in [5.74, 6) is -0.891. The van der Waals surface area contributed by atoms with Crippen molar-refractivity contribution in [2.24, 2.45) is 5.92 Å². The Bertz CT molecular complexity index is 881. The Morgan fingerprint density at radius 2 is 1.35 bits per heavy atom. The molecule has 0 aliphatic carbocycles. The van der Waals surface area contributed by atoms with E-state index in [0.29, 0.717) is 6.42 Å². The van der Waals surface area contributed by atoms with Crippen LogP contribution in [0, 0.1) is 5.92 Å². The first-order chi connectivity index (χ1) is 17.9. The highest BCUT2D eigenvalue weighted by Gasteiger charge is 2.32. The van der Waals surface area contributed by atoms with Crippen LogP contribution in [-0.2, 0) is 14.3 Å². The molecule has 0 aromatic heterocycles. The summed E-state index contributed by atoms with van der Waals surface area (Å²) in [7, 11) is 0. The predicted octanol–water partition coefficient (Wildman–Crippen LogP) is 9.28. The molecule has 37 heavy (non-hydrogen) atoms. The number of unbranched alkanes of at least 4 members (excludes halogenated alkanes) is 8. The van der Waals surface area contributed by atoms with Crippen LogP contribution in [0.3, 0.4) is 0 Å². The normalized spacial score (nSPS) is 13.8. The van der Waals surface area contributed by atoms with Crippen molar-refractivity contribution in [3.05, 3.63) is 70.2 Å². The first-order valence-corrected chi connectivity index (χ1v) is 14.8. The highest BCUT2D eigenvalue weighted by Crippen LogP contribution is 2.33. The Morgan fingerprint density at radius 3 is 1.86 bits per heavy atom. The third-order valence-corrected chi connectivity index (χ3v) is 7.49. The number of aliphatic carboxylic acids is 1. The van der Waals surface area contributed by atoms with Crippen molar-refractivity contribution in [1.29, 1.82) is 0 Å². The van der Waals surface area contributed by atoms with Crippen molar-refractivity contribution >= 4 is 28.2 Å². The molecule has 0 fully saturated rings. The van der Waals surface area contributed by atoms with Crippen molar-refractivity contribution in [1.82, 2.24) is 0 Å². The zero-order valence-corrected chi connectivity index (χ0v) is 24.2. The van der Waals surface area contributed by atoms with Crippen LogP contribution in [0.15, 0.2) is 59.1 Å². The molecule has 0 saturated carbocycles. The Kier molecular flexibility index (Phi) is 15.5. The Balaban J connectivity index is 1.96. The maximum absolute atomic E-state index is 12.5. The lowest BCUT2D eigenvalue weighted by molar-refractivity contribution is -0.145. The van der Waals surface area contributed by atoms with Crippen molar-refractivity contribution < 1.29 is 19.4 Å². The second-order valence-corrected chi connectivity index (χ2v) is 11.4. The third kappa shape index (κ3) is 12.4. The molecule has 0 bridgehead atoms. The van der Waals surface area contributed by atoms with Crippen LogP contribution >= 0.6 is 15.9 Å². The molecule has 3 unspecified atom stereocenters. The quantitative estimate of drug-likeness (QED) is 0.127. The van der Waals surface area contributed by atoms with Crippen molar-refractivity contribution in [2.45, 2.75) is 109 Å². The zero-order chi connectivity index (χ0) is 26.9. The lowest BCUT2D eigenvalue weighted by atomic mass is 9.89. The molecular weight excluding hydrogens is 528 g/mol. The molecule has 3 atom stereocenters. The van der Waals surface area contributed by atoms with Gasteiger partial charge in [-0.2, -0.15) is 0 Å². The van der Waals surface area contributed by atoms with Crippen LogP contribution in [0.5, 0.6) is 0 Å². The molecule has 0 amide bonds. The molecule has 0 saturated heterocycles. The summed E-state index contributed by atoms with van der Waals surface area (Å²) in [5.41, 5.74) is 1.61. The van der Waals surface area contributed by atoms with Crippen molar-refractivity contribution in [3.63, 3.8) is 0 Å². The number of halogens is 1. The maximum atomic E-state index is 12.5. The Hall–Kier alpha value is -1.98. The summed E-state index contributed by atoms with van der Waals surface area (Å²) in [4.78, 5) is 23.9. The van der Waals surface area contributed by atoms with Gasteiger partial charge in [-0.3, -0.25) is 4.79 Å². The summed E-state index contributed by atoms with van der Waals surface area (Å²) in [5, 5.41) is 10.2. The van der Waals surface area contributed by atoms with Gasteiger partial charge in [0.25, 0.3) is 0 Å². The van der Waals surface area contributed by atoms with E-state index in [-0.39, 0.29) is 6.42 Å². The average Bonchev–Trinajstić information content (AvgIpc) is 2.88. The number of carbonyl (C=O) groups excluding carboxylic acids is 1. The van der Waals surface area contributed by atoms with E-state index < -0.39 is 24.1 Å². The number of hydrogen-bond acceptors (Lipinski definition) is 3. The number of ether oxygens (including phenoxy) is 1. The predicted molar refractivity (Wildman–Crippen MR) is 155 cm³/mol. The lowest BCUT2D eigenvalue weighted by Crippen LogP contribution is -2.30. The fourth-order valence-electron chi connectivity index (χ4n) is 4.87. The molecule has 2 aromatic carbocycles. The van der Waals surface area contributed by atoms with Gasteiger partial charge in [0, 0.05) is 10.9 Å². The maximum Gasteiger partial charge on any atom is 0.313 e. The minimum Gasteiger partial charge on any atom is -0.481 e. The fraction of sp³-hybridized carbons (Fsp3) is 0.562. The minimum absolute atomic E-state index is 0.199. The summed E-state index contributed by atoms with van der Waals surface area (Å²) < 4.78 is 7.36. The average molecular weight is 574 g/mol. The second kappa shape index (κ2) is 18.3. The number of aldehydes is 1. The van der Waals surface area contributed by atoms with E-state index >= 15 is 0 Å². The van der Waals surface area contributed by atoms with Crippen LogP contribution in [0.2, 0.25) is 0 Å². The molecule has 0 heterocycles. The molecule has 0 spiro atoms. The summed E-state index contributed by atoms with van der Waals surface area (Å²) in [6, 6.07) is 17.0. The third-order valence-electron chi connectivity index (χ3n) is 6.96. The Morgan fingerprint density at radius 1 is 0.811 bits per heavy atom. The summed E-state index contributed by atoms with van der Waals surface area (Å²) >= 11 is 3.44. The molecular formula is C32H45BrO4. The van der Waals surface area contributed by atoms with E-state index in [1.54, 1.807) is 0 Å². The van der Waals surface area contributed by atoms with Gasteiger partial charge >= 0.3 is 5.97 Å². The summed E-state index contributed by atoms with van der Waals surface area (Å²) in [6.45, 7) is 4.58. The van der Waals surface area contributed by atoms with Gasteiger partial charge in [0.2, 0.25) is 0 Å². The first kappa shape index (κ1) is 31.2. The molecule has 5 heteroatoms. The van der Waals surface area contributed by atoms with E-state index in [0.717, 1.165) is 47.1 Å².